The minimum absolute atomic E-state index is 0.0248. The van der Waals surface area contributed by atoms with Crippen molar-refractivity contribution in [1.29, 1.82) is 0 Å². The fourth-order valence-corrected chi connectivity index (χ4v) is 2.50. The van der Waals surface area contributed by atoms with Crippen LogP contribution >= 0.6 is 11.9 Å². The summed E-state index contributed by atoms with van der Waals surface area (Å²) in [5.41, 5.74) is 1.10. The van der Waals surface area contributed by atoms with Gasteiger partial charge in [-0.05, 0) is 24.1 Å². The van der Waals surface area contributed by atoms with Gasteiger partial charge in [0, 0.05) is 5.41 Å². The van der Waals surface area contributed by atoms with Crippen LogP contribution in [0.5, 0.6) is 0 Å². The molecule has 0 saturated heterocycles. The Morgan fingerprint density at radius 2 is 2.00 bits per heavy atom. The van der Waals surface area contributed by atoms with Crippen LogP contribution in [-0.4, -0.2) is 24.3 Å². The average Bonchev–Trinajstić information content (AvgIpc) is 2.35. The number of carbonyl (C=O) groups is 1. The summed E-state index contributed by atoms with van der Waals surface area (Å²) in [5.74, 6) is -0.917. The average molecular weight is 264 g/mol. The van der Waals surface area contributed by atoms with Gasteiger partial charge in [-0.15, -0.1) is 0 Å². The highest BCUT2D eigenvalue weighted by atomic mass is 32.2. The first kappa shape index (κ1) is 15.1. The Balaban J connectivity index is 2.99. The van der Waals surface area contributed by atoms with E-state index in [0.29, 0.717) is 0 Å². The van der Waals surface area contributed by atoms with Crippen LogP contribution in [0.4, 0.5) is 0 Å². The van der Waals surface area contributed by atoms with Crippen LogP contribution in [0.25, 0.3) is 0 Å². The van der Waals surface area contributed by atoms with E-state index in [1.165, 1.54) is 0 Å². The molecule has 1 unspecified atom stereocenters. The van der Waals surface area contributed by atoms with Gasteiger partial charge in [-0.25, -0.2) is 4.79 Å². The highest BCUT2D eigenvalue weighted by molar-refractivity contribution is 8.15. The summed E-state index contributed by atoms with van der Waals surface area (Å²) < 4.78 is 5.47. The Morgan fingerprint density at radius 1 is 1.44 bits per heavy atom. The predicted molar refractivity (Wildman–Crippen MR) is 74.9 cm³/mol. The zero-order valence-corrected chi connectivity index (χ0v) is 11.7. The highest BCUT2D eigenvalue weighted by Crippen LogP contribution is 2.32. The SMILES string of the molecule is [B]SOC(CC)C(C)(C)c1ccc(C(=O)O)cc1. The lowest BCUT2D eigenvalue weighted by Gasteiger charge is -2.33. The molecule has 5 heteroatoms. The number of aromatic carboxylic acids is 1. The van der Waals surface area contributed by atoms with E-state index in [-0.39, 0.29) is 17.1 Å². The van der Waals surface area contributed by atoms with Gasteiger partial charge < -0.3 is 9.29 Å². The largest absolute Gasteiger partial charge is 0.478 e. The maximum Gasteiger partial charge on any atom is 0.335 e. The molecule has 1 aromatic rings. The van der Waals surface area contributed by atoms with Crippen molar-refractivity contribution in [3.63, 3.8) is 0 Å². The fourth-order valence-electron chi connectivity index (χ4n) is 1.99. The zero-order chi connectivity index (χ0) is 13.8. The summed E-state index contributed by atoms with van der Waals surface area (Å²) >= 11 is 0.870. The minimum Gasteiger partial charge on any atom is -0.478 e. The summed E-state index contributed by atoms with van der Waals surface area (Å²) in [4.78, 5) is 10.8. The van der Waals surface area contributed by atoms with Crippen LogP contribution < -0.4 is 0 Å². The van der Waals surface area contributed by atoms with Gasteiger partial charge in [-0.1, -0.05) is 44.8 Å². The smallest absolute Gasteiger partial charge is 0.335 e. The first-order chi connectivity index (χ1) is 8.43. The van der Waals surface area contributed by atoms with Gasteiger partial charge in [0.05, 0.1) is 11.7 Å². The lowest BCUT2D eigenvalue weighted by Crippen LogP contribution is -2.34. The number of benzene rings is 1. The molecule has 0 bridgehead atoms. The van der Waals surface area contributed by atoms with E-state index < -0.39 is 5.97 Å². The summed E-state index contributed by atoms with van der Waals surface area (Å²) in [6.07, 6.45) is 0.806. The third-order valence-corrected chi connectivity index (χ3v) is 3.57. The Morgan fingerprint density at radius 3 is 2.39 bits per heavy atom. The van der Waals surface area contributed by atoms with Crippen molar-refractivity contribution in [2.45, 2.75) is 38.7 Å². The first-order valence-electron chi connectivity index (χ1n) is 5.79. The molecule has 96 valence electrons. The number of carboxylic acids is 1. The normalized spacial score (nSPS) is 13.3. The highest BCUT2D eigenvalue weighted by Gasteiger charge is 2.31. The Kier molecular flexibility index (Phi) is 5.29. The molecule has 0 amide bonds. The van der Waals surface area contributed by atoms with Crippen LogP contribution in [0.3, 0.4) is 0 Å². The summed E-state index contributed by atoms with van der Waals surface area (Å²) in [5, 5.41) is 8.87. The number of carboxylic acid groups (broad SMARTS) is 1. The summed E-state index contributed by atoms with van der Waals surface area (Å²) in [7, 11) is 5.36. The minimum atomic E-state index is -0.917. The van der Waals surface area contributed by atoms with Crippen molar-refractivity contribution in [2.24, 2.45) is 0 Å². The molecule has 0 fully saturated rings. The lowest BCUT2D eigenvalue weighted by atomic mass is 9.78. The topological polar surface area (TPSA) is 46.5 Å². The van der Waals surface area contributed by atoms with Crippen LogP contribution in [0.1, 0.15) is 43.1 Å². The van der Waals surface area contributed by atoms with E-state index in [1.54, 1.807) is 12.1 Å². The summed E-state index contributed by atoms with van der Waals surface area (Å²) in [6, 6.07) is 6.89. The second-order valence-electron chi connectivity index (χ2n) is 4.69. The molecule has 1 aromatic carbocycles. The lowest BCUT2D eigenvalue weighted by molar-refractivity contribution is 0.0697. The molecule has 0 aromatic heterocycles. The quantitative estimate of drug-likeness (QED) is 0.633. The molecule has 2 radical (unpaired) electrons. The first-order valence-corrected chi connectivity index (χ1v) is 6.60. The van der Waals surface area contributed by atoms with Crippen molar-refractivity contribution in [2.75, 3.05) is 0 Å². The van der Waals surface area contributed by atoms with Crippen LogP contribution in [-0.2, 0) is 9.60 Å². The standard InChI is InChI=1S/C13H17BO3S/c1-4-11(17-18-14)13(2,3)10-7-5-9(6-8-10)12(15)16/h5-8,11H,4H2,1-3H3,(H,15,16). The van der Waals surface area contributed by atoms with E-state index in [0.717, 1.165) is 23.9 Å². The molecule has 0 aliphatic carbocycles. The molecule has 0 aliphatic heterocycles. The number of hydrogen-bond donors (Lipinski definition) is 1. The second kappa shape index (κ2) is 6.30. The van der Waals surface area contributed by atoms with Crippen LogP contribution in [0.2, 0.25) is 0 Å². The van der Waals surface area contributed by atoms with Gasteiger partial charge in [0.25, 0.3) is 0 Å². The molecule has 1 N–H and O–H groups in total. The van der Waals surface area contributed by atoms with E-state index >= 15 is 0 Å². The molecule has 0 aliphatic rings. The second-order valence-corrected chi connectivity index (χ2v) is 5.08. The summed E-state index contributed by atoms with van der Waals surface area (Å²) in [6.45, 7) is 6.16. The number of rotatable bonds is 6. The Hall–Kier alpha value is -0.935. The van der Waals surface area contributed by atoms with Crippen molar-refractivity contribution < 1.29 is 14.1 Å². The van der Waals surface area contributed by atoms with Crippen molar-refractivity contribution in [1.82, 2.24) is 0 Å². The van der Waals surface area contributed by atoms with Gasteiger partial charge in [0.15, 0.2) is 0 Å². The molecule has 0 spiro atoms. The molecule has 0 heterocycles. The third-order valence-electron chi connectivity index (χ3n) is 3.22. The van der Waals surface area contributed by atoms with Crippen molar-refractivity contribution in [3.05, 3.63) is 35.4 Å². The van der Waals surface area contributed by atoms with Crippen LogP contribution in [0, 0.1) is 0 Å². The maximum atomic E-state index is 10.8. The zero-order valence-electron chi connectivity index (χ0n) is 10.8. The van der Waals surface area contributed by atoms with E-state index in [9.17, 15) is 4.79 Å². The molecule has 0 saturated carbocycles. The molecule has 3 nitrogen and oxygen atoms in total. The van der Waals surface area contributed by atoms with Gasteiger partial charge >= 0.3 is 5.97 Å². The van der Waals surface area contributed by atoms with Crippen molar-refractivity contribution in [3.8, 4) is 0 Å². The van der Waals surface area contributed by atoms with Gasteiger partial charge in [0.1, 0.15) is 0 Å². The van der Waals surface area contributed by atoms with E-state index in [1.807, 2.05) is 19.1 Å². The van der Waals surface area contributed by atoms with E-state index in [2.05, 4.69) is 13.8 Å². The molecule has 1 atom stereocenters. The predicted octanol–water partition coefficient (Wildman–Crippen LogP) is 3.19. The molecular weight excluding hydrogens is 247 g/mol. The monoisotopic (exact) mass is 264 g/mol. The van der Waals surface area contributed by atoms with Crippen molar-refractivity contribution >= 4 is 25.0 Å². The maximum absolute atomic E-state index is 10.8. The molecule has 1 rings (SSSR count). The van der Waals surface area contributed by atoms with Gasteiger partial charge in [-0.3, -0.25) is 0 Å². The third kappa shape index (κ3) is 3.30. The van der Waals surface area contributed by atoms with Crippen LogP contribution in [0.15, 0.2) is 24.3 Å². The van der Waals surface area contributed by atoms with Gasteiger partial charge in [-0.2, -0.15) is 0 Å². The number of hydrogen-bond acceptors (Lipinski definition) is 3. The van der Waals surface area contributed by atoms with E-state index in [4.69, 9.17) is 16.4 Å². The fraction of sp³-hybridized carbons (Fsp3) is 0.462. The Labute approximate surface area is 113 Å². The van der Waals surface area contributed by atoms with Gasteiger partial charge in [0.2, 0.25) is 7.12 Å². The molecular formula is C13H17BO3S. The molecule has 18 heavy (non-hydrogen) atoms. The Bertz CT molecular complexity index is 403.